The number of carbonyl (C=O) groups excluding carboxylic acids is 2. The number of anilines is 1. The summed E-state index contributed by atoms with van der Waals surface area (Å²) in [5, 5.41) is 3.07. The molecule has 2 heterocycles. The number of benzene rings is 2. The van der Waals surface area contributed by atoms with Crippen LogP contribution in [-0.4, -0.2) is 23.3 Å². The van der Waals surface area contributed by atoms with E-state index in [1.165, 1.54) is 0 Å². The van der Waals surface area contributed by atoms with E-state index in [2.05, 4.69) is 5.32 Å². The molecule has 0 aromatic heterocycles. The number of para-hydroxylation sites is 1. The normalized spacial score (nSPS) is 26.8. The Labute approximate surface area is 153 Å². The van der Waals surface area contributed by atoms with Crippen LogP contribution in [0.3, 0.4) is 0 Å². The Balaban J connectivity index is 1.63. The van der Waals surface area contributed by atoms with Gasteiger partial charge < -0.3 is 10.2 Å². The molecule has 1 saturated carbocycles. The molecule has 132 valence electrons. The summed E-state index contributed by atoms with van der Waals surface area (Å²) in [7, 11) is 0. The van der Waals surface area contributed by atoms with Crippen LogP contribution < -0.4 is 5.32 Å². The molecule has 2 atom stereocenters. The molecule has 26 heavy (non-hydrogen) atoms. The quantitative estimate of drug-likeness (QED) is 0.922. The van der Waals surface area contributed by atoms with Gasteiger partial charge in [-0.05, 0) is 42.4 Å². The van der Waals surface area contributed by atoms with Gasteiger partial charge in [0.15, 0.2) is 0 Å². The zero-order valence-electron chi connectivity index (χ0n) is 14.7. The lowest BCUT2D eigenvalue weighted by Gasteiger charge is -2.34. The summed E-state index contributed by atoms with van der Waals surface area (Å²) >= 11 is 0. The number of hydrogen-bond acceptors (Lipinski definition) is 2. The van der Waals surface area contributed by atoms with Gasteiger partial charge in [0, 0.05) is 18.7 Å². The van der Waals surface area contributed by atoms with Gasteiger partial charge in [0.05, 0.1) is 6.04 Å². The van der Waals surface area contributed by atoms with Gasteiger partial charge in [-0.15, -0.1) is 0 Å². The molecule has 4 heteroatoms. The van der Waals surface area contributed by atoms with E-state index >= 15 is 0 Å². The maximum absolute atomic E-state index is 13.2. The second-order valence-corrected chi connectivity index (χ2v) is 7.77. The number of nitrogens with zero attached hydrogens (tertiary/aromatic N) is 1. The van der Waals surface area contributed by atoms with Crippen LogP contribution in [-0.2, 0) is 15.0 Å². The molecule has 0 radical (unpaired) electrons. The lowest BCUT2D eigenvalue weighted by Crippen LogP contribution is -2.42. The van der Waals surface area contributed by atoms with Gasteiger partial charge in [0.25, 0.3) is 0 Å². The minimum Gasteiger partial charge on any atom is -0.334 e. The first-order valence-corrected chi connectivity index (χ1v) is 9.45. The SMILES string of the molecule is O=C(CC1CC1)N1CC[C@]2(C(=O)Nc3ccccc32)[C@@H]1c1ccccc1. The molecule has 4 nitrogen and oxygen atoms in total. The molecule has 2 fully saturated rings. The molecule has 1 N–H and O–H groups in total. The van der Waals surface area contributed by atoms with Crippen LogP contribution in [0, 0.1) is 5.92 Å². The summed E-state index contributed by atoms with van der Waals surface area (Å²) < 4.78 is 0. The van der Waals surface area contributed by atoms with Crippen molar-refractivity contribution in [3.05, 3.63) is 65.7 Å². The highest BCUT2D eigenvalue weighted by molar-refractivity contribution is 6.07. The largest absolute Gasteiger partial charge is 0.334 e. The fourth-order valence-corrected chi connectivity index (χ4v) is 4.74. The zero-order chi connectivity index (χ0) is 17.7. The maximum Gasteiger partial charge on any atom is 0.237 e. The van der Waals surface area contributed by atoms with E-state index in [1.54, 1.807) is 0 Å². The molecule has 0 bridgehead atoms. The van der Waals surface area contributed by atoms with E-state index in [0.29, 0.717) is 25.3 Å². The Kier molecular flexibility index (Phi) is 3.42. The van der Waals surface area contributed by atoms with Crippen molar-refractivity contribution < 1.29 is 9.59 Å². The number of fused-ring (bicyclic) bond motifs is 2. The molecule has 2 aromatic carbocycles. The molecule has 1 aliphatic carbocycles. The van der Waals surface area contributed by atoms with E-state index in [-0.39, 0.29) is 17.9 Å². The molecule has 1 spiro atoms. The fourth-order valence-electron chi connectivity index (χ4n) is 4.74. The third-order valence-corrected chi connectivity index (χ3v) is 6.18. The third kappa shape index (κ3) is 2.21. The summed E-state index contributed by atoms with van der Waals surface area (Å²) in [5.41, 5.74) is 2.27. The lowest BCUT2D eigenvalue weighted by atomic mass is 9.72. The number of nitrogens with one attached hydrogen (secondary N) is 1. The van der Waals surface area contributed by atoms with E-state index in [0.717, 1.165) is 29.7 Å². The van der Waals surface area contributed by atoms with E-state index < -0.39 is 5.41 Å². The van der Waals surface area contributed by atoms with Crippen LogP contribution in [0.15, 0.2) is 54.6 Å². The topological polar surface area (TPSA) is 49.4 Å². The van der Waals surface area contributed by atoms with Crippen molar-refractivity contribution >= 4 is 17.5 Å². The number of amides is 2. The second-order valence-electron chi connectivity index (χ2n) is 7.77. The molecule has 2 aromatic rings. The highest BCUT2D eigenvalue weighted by atomic mass is 16.2. The lowest BCUT2D eigenvalue weighted by molar-refractivity contribution is -0.133. The summed E-state index contributed by atoms with van der Waals surface area (Å²) in [4.78, 5) is 28.2. The Morgan fingerprint density at radius 2 is 1.81 bits per heavy atom. The smallest absolute Gasteiger partial charge is 0.237 e. The van der Waals surface area contributed by atoms with Crippen molar-refractivity contribution in [2.45, 2.75) is 37.1 Å². The first-order chi connectivity index (χ1) is 12.7. The van der Waals surface area contributed by atoms with Gasteiger partial charge in [-0.1, -0.05) is 48.5 Å². The van der Waals surface area contributed by atoms with Crippen LogP contribution in [0.25, 0.3) is 0 Å². The Bertz CT molecular complexity index is 875. The first-order valence-electron chi connectivity index (χ1n) is 9.45. The van der Waals surface area contributed by atoms with Gasteiger partial charge in [0.2, 0.25) is 11.8 Å². The predicted octanol–water partition coefficient (Wildman–Crippen LogP) is 3.65. The highest BCUT2D eigenvalue weighted by Gasteiger charge is 2.59. The molecule has 2 aliphatic heterocycles. The number of carbonyl (C=O) groups is 2. The van der Waals surface area contributed by atoms with Crippen LogP contribution in [0.4, 0.5) is 5.69 Å². The van der Waals surface area contributed by atoms with Crippen LogP contribution in [0.2, 0.25) is 0 Å². The molecular formula is C22H22N2O2. The van der Waals surface area contributed by atoms with Gasteiger partial charge in [0.1, 0.15) is 5.41 Å². The van der Waals surface area contributed by atoms with Crippen molar-refractivity contribution in [1.29, 1.82) is 0 Å². The average Bonchev–Trinajstić information content (AvgIpc) is 3.31. The number of likely N-dealkylation sites (tertiary alicyclic amines) is 1. The Morgan fingerprint density at radius 1 is 1.08 bits per heavy atom. The fraction of sp³-hybridized carbons (Fsp3) is 0.364. The first kappa shape index (κ1) is 15.6. The average molecular weight is 346 g/mol. The standard InChI is InChI=1S/C22H22N2O2/c25-19(14-15-10-11-15)24-13-12-22(20(24)16-6-2-1-3-7-16)17-8-4-5-9-18(17)23-21(22)26/h1-9,15,20H,10-14H2,(H,23,26)/t20-,22+/m0/s1. The Hall–Kier alpha value is -2.62. The molecule has 2 amide bonds. The summed E-state index contributed by atoms with van der Waals surface area (Å²) in [6, 6.07) is 17.7. The molecule has 3 aliphatic rings. The van der Waals surface area contributed by atoms with Gasteiger partial charge in [-0.2, -0.15) is 0 Å². The van der Waals surface area contributed by atoms with Crippen molar-refractivity contribution in [2.75, 3.05) is 11.9 Å². The van der Waals surface area contributed by atoms with Gasteiger partial charge in [-0.25, -0.2) is 0 Å². The van der Waals surface area contributed by atoms with Crippen molar-refractivity contribution in [3.63, 3.8) is 0 Å². The van der Waals surface area contributed by atoms with Crippen molar-refractivity contribution in [3.8, 4) is 0 Å². The highest BCUT2D eigenvalue weighted by Crippen LogP contribution is 2.55. The Morgan fingerprint density at radius 3 is 2.58 bits per heavy atom. The van der Waals surface area contributed by atoms with Crippen LogP contribution in [0.5, 0.6) is 0 Å². The third-order valence-electron chi connectivity index (χ3n) is 6.18. The summed E-state index contributed by atoms with van der Waals surface area (Å²) in [5.74, 6) is 0.754. The van der Waals surface area contributed by atoms with Crippen LogP contribution in [0.1, 0.15) is 42.9 Å². The van der Waals surface area contributed by atoms with Crippen LogP contribution >= 0.6 is 0 Å². The van der Waals surface area contributed by atoms with Gasteiger partial charge >= 0.3 is 0 Å². The minimum absolute atomic E-state index is 0.0225. The number of hydrogen-bond donors (Lipinski definition) is 1. The van der Waals surface area contributed by atoms with Gasteiger partial charge in [-0.3, -0.25) is 9.59 Å². The van der Waals surface area contributed by atoms with E-state index in [9.17, 15) is 9.59 Å². The number of rotatable bonds is 3. The van der Waals surface area contributed by atoms with Crippen molar-refractivity contribution in [2.24, 2.45) is 5.92 Å². The summed E-state index contributed by atoms with van der Waals surface area (Å²) in [6.07, 6.45) is 3.60. The summed E-state index contributed by atoms with van der Waals surface area (Å²) in [6.45, 7) is 0.632. The van der Waals surface area contributed by atoms with E-state index in [1.807, 2.05) is 59.5 Å². The maximum atomic E-state index is 13.2. The second kappa shape index (κ2) is 5.70. The molecule has 5 rings (SSSR count). The molecular weight excluding hydrogens is 324 g/mol. The molecule has 1 saturated heterocycles. The monoisotopic (exact) mass is 346 g/mol. The zero-order valence-corrected chi connectivity index (χ0v) is 14.7. The van der Waals surface area contributed by atoms with E-state index in [4.69, 9.17) is 0 Å². The minimum atomic E-state index is -0.683. The predicted molar refractivity (Wildman–Crippen MR) is 99.6 cm³/mol. The molecule has 0 unspecified atom stereocenters. The van der Waals surface area contributed by atoms with Crippen molar-refractivity contribution in [1.82, 2.24) is 4.90 Å².